The molecule has 0 aliphatic carbocycles. The Hall–Kier alpha value is -1.95. The van der Waals surface area contributed by atoms with Crippen LogP contribution in [0, 0.1) is 0 Å². The third-order valence-corrected chi connectivity index (χ3v) is 4.03. The minimum atomic E-state index is -0.505. The first-order valence-corrected chi connectivity index (χ1v) is 8.38. The number of rotatable bonds is 4. The van der Waals surface area contributed by atoms with E-state index in [2.05, 4.69) is 9.88 Å². The van der Waals surface area contributed by atoms with E-state index in [-0.39, 0.29) is 17.9 Å². The molecule has 1 atom stereocenters. The summed E-state index contributed by atoms with van der Waals surface area (Å²) in [6.45, 7) is 7.44. The van der Waals surface area contributed by atoms with E-state index < -0.39 is 5.60 Å². The van der Waals surface area contributed by atoms with Crippen molar-refractivity contribution in [2.75, 3.05) is 26.7 Å². The van der Waals surface area contributed by atoms with Crippen molar-refractivity contribution >= 4 is 11.9 Å². The van der Waals surface area contributed by atoms with Gasteiger partial charge in [0.05, 0.1) is 6.54 Å². The van der Waals surface area contributed by atoms with Gasteiger partial charge in [-0.05, 0) is 52.3 Å². The van der Waals surface area contributed by atoms with E-state index >= 15 is 0 Å². The van der Waals surface area contributed by atoms with Crippen LogP contribution in [-0.4, -0.2) is 65.0 Å². The smallest absolute Gasteiger partial charge is 0.410 e. The summed E-state index contributed by atoms with van der Waals surface area (Å²) in [5.41, 5.74) is -0.0191. The van der Waals surface area contributed by atoms with Gasteiger partial charge in [-0.2, -0.15) is 0 Å². The molecule has 1 aromatic rings. The zero-order valence-electron chi connectivity index (χ0n) is 15.0. The van der Waals surface area contributed by atoms with Crippen LogP contribution in [0.1, 0.15) is 44.1 Å². The summed E-state index contributed by atoms with van der Waals surface area (Å²) in [4.78, 5) is 32.4. The molecule has 6 heteroatoms. The number of aromatic nitrogens is 1. The Labute approximate surface area is 143 Å². The molecule has 0 saturated carbocycles. The predicted octanol–water partition coefficient (Wildman–Crippen LogP) is 2.60. The van der Waals surface area contributed by atoms with Gasteiger partial charge in [-0.1, -0.05) is 6.07 Å². The highest BCUT2D eigenvalue weighted by Crippen LogP contribution is 2.18. The highest BCUT2D eigenvalue weighted by molar-refractivity contribution is 5.95. The third kappa shape index (κ3) is 5.30. The van der Waals surface area contributed by atoms with E-state index in [9.17, 15) is 9.59 Å². The second-order valence-corrected chi connectivity index (χ2v) is 7.26. The molecule has 0 radical (unpaired) electrons. The Morgan fingerprint density at radius 1 is 1.38 bits per heavy atom. The van der Waals surface area contributed by atoms with Crippen LogP contribution in [0.5, 0.6) is 0 Å². The first kappa shape index (κ1) is 18.4. The Bertz CT molecular complexity index is 569. The fourth-order valence-electron chi connectivity index (χ4n) is 2.79. The van der Waals surface area contributed by atoms with E-state index in [4.69, 9.17) is 4.74 Å². The number of amides is 1. The highest BCUT2D eigenvalue weighted by Gasteiger charge is 2.29. The summed E-state index contributed by atoms with van der Waals surface area (Å²) in [5, 5.41) is 0. The van der Waals surface area contributed by atoms with Gasteiger partial charge in [-0.15, -0.1) is 0 Å². The van der Waals surface area contributed by atoms with Crippen LogP contribution in [0.15, 0.2) is 24.4 Å². The number of hydrogen-bond acceptors (Lipinski definition) is 5. The van der Waals surface area contributed by atoms with E-state index in [1.165, 1.54) is 0 Å². The van der Waals surface area contributed by atoms with Crippen LogP contribution < -0.4 is 0 Å². The largest absolute Gasteiger partial charge is 0.444 e. The third-order valence-electron chi connectivity index (χ3n) is 4.03. The number of Topliss-reactive ketones (excluding diaryl/α,β-unsaturated/α-hetero) is 1. The molecular weight excluding hydrogens is 306 g/mol. The molecule has 132 valence electrons. The van der Waals surface area contributed by atoms with Crippen LogP contribution in [0.3, 0.4) is 0 Å². The number of piperidine rings is 1. The molecular formula is C18H27N3O3. The van der Waals surface area contributed by atoms with Crippen molar-refractivity contribution in [2.24, 2.45) is 0 Å². The monoisotopic (exact) mass is 333 g/mol. The number of likely N-dealkylation sites (N-methyl/N-ethyl adjacent to an activating group) is 1. The van der Waals surface area contributed by atoms with Gasteiger partial charge in [0.1, 0.15) is 11.3 Å². The normalized spacial score (nSPS) is 18.9. The lowest BCUT2D eigenvalue weighted by Gasteiger charge is -2.37. The van der Waals surface area contributed by atoms with Gasteiger partial charge in [0, 0.05) is 25.8 Å². The summed E-state index contributed by atoms with van der Waals surface area (Å²) in [7, 11) is 1.77. The van der Waals surface area contributed by atoms with Crippen molar-refractivity contribution in [2.45, 2.75) is 45.3 Å². The van der Waals surface area contributed by atoms with Gasteiger partial charge in [-0.3, -0.25) is 14.7 Å². The molecule has 1 aromatic heterocycles. The average Bonchev–Trinajstić information content (AvgIpc) is 2.53. The number of ether oxygens (including phenoxy) is 1. The summed E-state index contributed by atoms with van der Waals surface area (Å²) in [5.74, 6) is 0.0103. The Morgan fingerprint density at radius 2 is 2.12 bits per heavy atom. The molecule has 0 N–H and O–H groups in total. The lowest BCUT2D eigenvalue weighted by atomic mass is 10.0. The topological polar surface area (TPSA) is 62.7 Å². The molecule has 1 saturated heterocycles. The molecule has 0 bridgehead atoms. The zero-order chi connectivity index (χ0) is 17.7. The maximum absolute atomic E-state index is 12.3. The Balaban J connectivity index is 1.91. The fraction of sp³-hybridized carbons (Fsp3) is 0.611. The van der Waals surface area contributed by atoms with Crippen molar-refractivity contribution < 1.29 is 14.3 Å². The maximum atomic E-state index is 12.3. The summed E-state index contributed by atoms with van der Waals surface area (Å²) < 4.78 is 5.43. The van der Waals surface area contributed by atoms with Gasteiger partial charge < -0.3 is 9.64 Å². The SMILES string of the molecule is CN(C(=O)OC(C)(C)C)C1CCCN(CC(=O)c2ccccn2)C1. The number of ketones is 1. The number of pyridine rings is 1. The molecule has 1 fully saturated rings. The number of likely N-dealkylation sites (tertiary alicyclic amines) is 1. The second-order valence-electron chi connectivity index (χ2n) is 7.26. The van der Waals surface area contributed by atoms with Crippen molar-refractivity contribution in [3.63, 3.8) is 0 Å². The first-order chi connectivity index (χ1) is 11.3. The van der Waals surface area contributed by atoms with Crippen LogP contribution in [0.25, 0.3) is 0 Å². The van der Waals surface area contributed by atoms with Gasteiger partial charge in [0.15, 0.2) is 5.78 Å². The van der Waals surface area contributed by atoms with Gasteiger partial charge in [0.2, 0.25) is 0 Å². The molecule has 0 spiro atoms. The lowest BCUT2D eigenvalue weighted by molar-refractivity contribution is 0.0138. The van der Waals surface area contributed by atoms with E-state index in [0.29, 0.717) is 18.8 Å². The maximum Gasteiger partial charge on any atom is 0.410 e. The van der Waals surface area contributed by atoms with Gasteiger partial charge in [-0.25, -0.2) is 4.79 Å². The quantitative estimate of drug-likeness (QED) is 0.793. The molecule has 1 unspecified atom stereocenters. The molecule has 24 heavy (non-hydrogen) atoms. The summed E-state index contributed by atoms with van der Waals surface area (Å²) in [6, 6.07) is 5.40. The van der Waals surface area contributed by atoms with E-state index in [1.54, 1.807) is 30.3 Å². The molecule has 1 aliphatic heterocycles. The Kier molecular flexibility index (Phi) is 5.94. The Morgan fingerprint density at radius 3 is 2.75 bits per heavy atom. The minimum Gasteiger partial charge on any atom is -0.444 e. The summed E-state index contributed by atoms with van der Waals surface area (Å²) in [6.07, 6.45) is 3.19. The predicted molar refractivity (Wildman–Crippen MR) is 92.0 cm³/mol. The second kappa shape index (κ2) is 7.75. The van der Waals surface area contributed by atoms with Crippen molar-refractivity contribution in [1.82, 2.24) is 14.8 Å². The zero-order valence-corrected chi connectivity index (χ0v) is 15.0. The number of hydrogen-bond donors (Lipinski definition) is 0. The highest BCUT2D eigenvalue weighted by atomic mass is 16.6. The number of nitrogens with zero attached hydrogens (tertiary/aromatic N) is 3. The summed E-state index contributed by atoms with van der Waals surface area (Å²) >= 11 is 0. The molecule has 6 nitrogen and oxygen atoms in total. The number of carbonyl (C=O) groups is 2. The molecule has 1 aliphatic rings. The average molecular weight is 333 g/mol. The fourth-order valence-corrected chi connectivity index (χ4v) is 2.79. The van der Waals surface area contributed by atoms with Gasteiger partial charge in [0.25, 0.3) is 0 Å². The first-order valence-electron chi connectivity index (χ1n) is 8.38. The van der Waals surface area contributed by atoms with E-state index in [0.717, 1.165) is 19.4 Å². The van der Waals surface area contributed by atoms with Crippen LogP contribution in [0.4, 0.5) is 4.79 Å². The molecule has 2 rings (SSSR count). The van der Waals surface area contributed by atoms with Crippen molar-refractivity contribution in [3.8, 4) is 0 Å². The van der Waals surface area contributed by atoms with Crippen molar-refractivity contribution in [3.05, 3.63) is 30.1 Å². The molecule has 0 aromatic carbocycles. The van der Waals surface area contributed by atoms with Crippen LogP contribution in [-0.2, 0) is 4.74 Å². The standard InChI is InChI=1S/C18H27N3O3/c1-18(2,3)24-17(23)20(4)14-8-7-11-21(12-14)13-16(22)15-9-5-6-10-19-15/h5-6,9-10,14H,7-8,11-13H2,1-4H3. The molecule has 1 amide bonds. The molecule has 2 heterocycles. The van der Waals surface area contributed by atoms with Gasteiger partial charge >= 0.3 is 6.09 Å². The lowest BCUT2D eigenvalue weighted by Crippen LogP contribution is -2.50. The minimum absolute atomic E-state index is 0.0103. The van der Waals surface area contributed by atoms with Crippen molar-refractivity contribution in [1.29, 1.82) is 0 Å². The number of carbonyl (C=O) groups excluding carboxylic acids is 2. The van der Waals surface area contributed by atoms with Crippen LogP contribution in [0.2, 0.25) is 0 Å². The van der Waals surface area contributed by atoms with Crippen LogP contribution >= 0.6 is 0 Å². The van der Waals surface area contributed by atoms with E-state index in [1.807, 2.05) is 26.8 Å².